The number of carbonyl (C=O) groups excluding carboxylic acids is 1. The highest BCUT2D eigenvalue weighted by Gasteiger charge is 2.20. The SMILES string of the molecule is CC(=O)CC1CCC(=N)C1. The Morgan fingerprint density at radius 2 is 2.50 bits per heavy atom. The van der Waals surface area contributed by atoms with Crippen LogP contribution in [0, 0.1) is 11.3 Å². The van der Waals surface area contributed by atoms with Gasteiger partial charge in [-0.15, -0.1) is 0 Å². The van der Waals surface area contributed by atoms with E-state index < -0.39 is 0 Å². The molecule has 0 spiro atoms. The minimum Gasteiger partial charge on any atom is -0.310 e. The molecule has 0 saturated heterocycles. The summed E-state index contributed by atoms with van der Waals surface area (Å²) in [6.45, 7) is 1.63. The molecule has 1 N–H and O–H groups in total. The largest absolute Gasteiger partial charge is 0.310 e. The van der Waals surface area contributed by atoms with Crippen molar-refractivity contribution in [1.82, 2.24) is 0 Å². The zero-order valence-corrected chi connectivity index (χ0v) is 6.31. The van der Waals surface area contributed by atoms with E-state index in [-0.39, 0.29) is 5.78 Å². The van der Waals surface area contributed by atoms with E-state index in [1.165, 1.54) is 0 Å². The minimum atomic E-state index is 0.264. The van der Waals surface area contributed by atoms with Crippen LogP contribution >= 0.6 is 0 Å². The Labute approximate surface area is 61.1 Å². The maximum atomic E-state index is 10.6. The first-order valence-electron chi connectivity index (χ1n) is 3.74. The average Bonchev–Trinajstić information content (AvgIpc) is 2.13. The number of nitrogens with one attached hydrogen (secondary N) is 1. The lowest BCUT2D eigenvalue weighted by molar-refractivity contribution is -0.117. The van der Waals surface area contributed by atoms with Crippen molar-refractivity contribution in [2.24, 2.45) is 5.92 Å². The maximum Gasteiger partial charge on any atom is 0.130 e. The van der Waals surface area contributed by atoms with E-state index in [9.17, 15) is 4.79 Å². The Bertz CT molecular complexity index is 163. The minimum absolute atomic E-state index is 0.264. The summed E-state index contributed by atoms with van der Waals surface area (Å²) >= 11 is 0. The molecule has 0 amide bonds. The molecule has 0 bridgehead atoms. The molecule has 56 valence electrons. The highest BCUT2D eigenvalue weighted by atomic mass is 16.1. The van der Waals surface area contributed by atoms with Gasteiger partial charge in [0.25, 0.3) is 0 Å². The molecule has 2 nitrogen and oxygen atoms in total. The van der Waals surface area contributed by atoms with Crippen molar-refractivity contribution in [3.05, 3.63) is 0 Å². The number of hydrogen-bond donors (Lipinski definition) is 1. The smallest absolute Gasteiger partial charge is 0.130 e. The van der Waals surface area contributed by atoms with Gasteiger partial charge >= 0.3 is 0 Å². The lowest BCUT2D eigenvalue weighted by Gasteiger charge is -2.02. The zero-order valence-electron chi connectivity index (χ0n) is 6.31. The normalized spacial score (nSPS) is 25.3. The number of hydrogen-bond acceptors (Lipinski definition) is 2. The van der Waals surface area contributed by atoms with E-state index in [0.717, 1.165) is 25.0 Å². The van der Waals surface area contributed by atoms with Gasteiger partial charge in [-0.05, 0) is 32.1 Å². The van der Waals surface area contributed by atoms with Crippen LogP contribution < -0.4 is 0 Å². The average molecular weight is 139 g/mol. The Kier molecular flexibility index (Phi) is 2.20. The topological polar surface area (TPSA) is 40.9 Å². The summed E-state index contributed by atoms with van der Waals surface area (Å²) in [4.78, 5) is 10.6. The van der Waals surface area contributed by atoms with Gasteiger partial charge in [0.15, 0.2) is 0 Å². The van der Waals surface area contributed by atoms with Gasteiger partial charge in [-0.1, -0.05) is 0 Å². The van der Waals surface area contributed by atoms with Gasteiger partial charge in [0.05, 0.1) is 0 Å². The van der Waals surface area contributed by atoms with Gasteiger partial charge in [-0.3, -0.25) is 0 Å². The van der Waals surface area contributed by atoms with Crippen LogP contribution in [-0.2, 0) is 4.79 Å². The van der Waals surface area contributed by atoms with E-state index in [1.54, 1.807) is 6.92 Å². The van der Waals surface area contributed by atoms with Crippen LogP contribution in [0.2, 0.25) is 0 Å². The molecule has 2 heteroatoms. The predicted molar refractivity (Wildman–Crippen MR) is 40.4 cm³/mol. The first kappa shape index (κ1) is 7.45. The summed E-state index contributed by atoms with van der Waals surface area (Å²) < 4.78 is 0. The molecule has 1 saturated carbocycles. The van der Waals surface area contributed by atoms with Crippen LogP contribution in [0.15, 0.2) is 0 Å². The van der Waals surface area contributed by atoms with Crippen molar-refractivity contribution in [2.45, 2.75) is 32.6 Å². The second-order valence-corrected chi connectivity index (χ2v) is 3.12. The zero-order chi connectivity index (χ0) is 7.56. The van der Waals surface area contributed by atoms with E-state index in [2.05, 4.69) is 0 Å². The third kappa shape index (κ3) is 1.94. The predicted octanol–water partition coefficient (Wildman–Crippen LogP) is 1.79. The third-order valence-corrected chi connectivity index (χ3v) is 1.97. The highest BCUT2D eigenvalue weighted by Crippen LogP contribution is 2.24. The Morgan fingerprint density at radius 3 is 2.90 bits per heavy atom. The standard InChI is InChI=1S/C8H13NO/c1-6(10)4-7-2-3-8(9)5-7/h7,9H,2-5H2,1H3. The lowest BCUT2D eigenvalue weighted by atomic mass is 10.0. The van der Waals surface area contributed by atoms with Crippen molar-refractivity contribution in [3.63, 3.8) is 0 Å². The second-order valence-electron chi connectivity index (χ2n) is 3.12. The summed E-state index contributed by atoms with van der Waals surface area (Å²) in [5, 5.41) is 7.31. The summed E-state index contributed by atoms with van der Waals surface area (Å²) in [7, 11) is 0. The quantitative estimate of drug-likeness (QED) is 0.622. The van der Waals surface area contributed by atoms with Crippen LogP contribution in [0.25, 0.3) is 0 Å². The van der Waals surface area contributed by atoms with Crippen LogP contribution in [0.5, 0.6) is 0 Å². The van der Waals surface area contributed by atoms with E-state index >= 15 is 0 Å². The van der Waals surface area contributed by atoms with Gasteiger partial charge in [0.1, 0.15) is 5.78 Å². The first-order valence-corrected chi connectivity index (χ1v) is 3.74. The fourth-order valence-corrected chi connectivity index (χ4v) is 1.51. The second kappa shape index (κ2) is 2.95. The molecule has 0 aromatic rings. The molecule has 1 atom stereocenters. The molecule has 0 aliphatic heterocycles. The van der Waals surface area contributed by atoms with Gasteiger partial charge < -0.3 is 10.2 Å². The highest BCUT2D eigenvalue weighted by molar-refractivity contribution is 5.85. The molecule has 0 aromatic heterocycles. The van der Waals surface area contributed by atoms with Crippen molar-refractivity contribution in [3.8, 4) is 0 Å². The monoisotopic (exact) mass is 139 g/mol. The van der Waals surface area contributed by atoms with Gasteiger partial charge in [0.2, 0.25) is 0 Å². The molecule has 0 heterocycles. The van der Waals surface area contributed by atoms with Gasteiger partial charge in [-0.25, -0.2) is 0 Å². The molecule has 1 rings (SSSR count). The Hall–Kier alpha value is -0.660. The van der Waals surface area contributed by atoms with Gasteiger partial charge in [-0.2, -0.15) is 0 Å². The summed E-state index contributed by atoms with van der Waals surface area (Å²) in [5.74, 6) is 0.754. The number of ketones is 1. The number of carbonyl (C=O) groups is 1. The third-order valence-electron chi connectivity index (χ3n) is 1.97. The van der Waals surface area contributed by atoms with Crippen molar-refractivity contribution < 1.29 is 4.79 Å². The van der Waals surface area contributed by atoms with Crippen molar-refractivity contribution >= 4 is 11.5 Å². The molecular formula is C8H13NO. The molecule has 1 aliphatic rings. The number of rotatable bonds is 2. The fraction of sp³-hybridized carbons (Fsp3) is 0.750. The summed E-state index contributed by atoms with van der Waals surface area (Å²) in [6.07, 6.45) is 3.51. The maximum absolute atomic E-state index is 10.6. The fourth-order valence-electron chi connectivity index (χ4n) is 1.51. The molecule has 10 heavy (non-hydrogen) atoms. The van der Waals surface area contributed by atoms with E-state index in [4.69, 9.17) is 5.41 Å². The molecule has 0 radical (unpaired) electrons. The lowest BCUT2D eigenvalue weighted by Crippen LogP contribution is -2.01. The Morgan fingerprint density at radius 1 is 1.80 bits per heavy atom. The Balaban J connectivity index is 2.31. The number of Topliss-reactive ketones (excluding diaryl/α,β-unsaturated/α-hetero) is 1. The molecule has 1 aliphatic carbocycles. The molecule has 1 unspecified atom stereocenters. The van der Waals surface area contributed by atoms with E-state index in [1.807, 2.05) is 0 Å². The van der Waals surface area contributed by atoms with Crippen LogP contribution in [-0.4, -0.2) is 11.5 Å². The van der Waals surface area contributed by atoms with Crippen molar-refractivity contribution in [1.29, 1.82) is 5.41 Å². The van der Waals surface area contributed by atoms with Crippen LogP contribution in [0.3, 0.4) is 0 Å². The van der Waals surface area contributed by atoms with Crippen molar-refractivity contribution in [2.75, 3.05) is 0 Å². The van der Waals surface area contributed by atoms with Gasteiger partial charge in [0, 0.05) is 12.1 Å². The van der Waals surface area contributed by atoms with E-state index in [0.29, 0.717) is 12.3 Å². The van der Waals surface area contributed by atoms with Crippen LogP contribution in [0.4, 0.5) is 0 Å². The molecule has 0 aromatic carbocycles. The summed E-state index contributed by atoms with van der Waals surface area (Å²) in [5.41, 5.74) is 0.825. The summed E-state index contributed by atoms with van der Waals surface area (Å²) in [6, 6.07) is 0. The van der Waals surface area contributed by atoms with Crippen LogP contribution in [0.1, 0.15) is 32.6 Å². The molecular weight excluding hydrogens is 126 g/mol. The molecule has 1 fully saturated rings. The first-order chi connectivity index (χ1) is 4.68.